The number of benzene rings is 1. The monoisotopic (exact) mass is 370 g/mol. The second-order valence-corrected chi connectivity index (χ2v) is 7.83. The van der Waals surface area contributed by atoms with Crippen LogP contribution in [0.1, 0.15) is 53.6 Å². The minimum Gasteiger partial charge on any atom is -0.453 e. The number of carbonyl (C=O) groups is 3. The summed E-state index contributed by atoms with van der Waals surface area (Å²) >= 11 is 0. The predicted molar refractivity (Wildman–Crippen MR) is 101 cm³/mol. The Balaban J connectivity index is 1.37. The highest BCUT2D eigenvalue weighted by atomic mass is 16.5. The molecule has 1 aromatic carbocycles. The molecular formula is C21H26N2O4. The number of likely N-dealkylation sites (tertiary alicyclic amines) is 1. The predicted octanol–water partition coefficient (Wildman–Crippen LogP) is 2.96. The zero-order chi connectivity index (χ0) is 19.0. The number of Topliss-reactive ketones (excluding diaryl/α,β-unsaturated/α-hetero) is 1. The molecule has 2 amide bonds. The van der Waals surface area contributed by atoms with Crippen LogP contribution in [-0.4, -0.2) is 49.4 Å². The molecule has 0 radical (unpaired) electrons. The van der Waals surface area contributed by atoms with E-state index in [1.165, 1.54) is 7.11 Å². The van der Waals surface area contributed by atoms with Gasteiger partial charge in [0.15, 0.2) is 5.78 Å². The topological polar surface area (TPSA) is 66.9 Å². The van der Waals surface area contributed by atoms with E-state index < -0.39 is 0 Å². The lowest BCUT2D eigenvalue weighted by molar-refractivity contribution is -0.117. The van der Waals surface area contributed by atoms with Crippen molar-refractivity contribution in [1.29, 1.82) is 0 Å². The van der Waals surface area contributed by atoms with Gasteiger partial charge < -0.3 is 14.5 Å². The van der Waals surface area contributed by atoms with Crippen molar-refractivity contribution in [1.82, 2.24) is 4.90 Å². The number of methoxy groups -OCH3 is 1. The second-order valence-electron chi connectivity index (χ2n) is 7.83. The molecule has 144 valence electrons. The molecule has 3 aliphatic rings. The molecule has 1 aromatic rings. The number of ketones is 1. The molecule has 0 aliphatic carbocycles. The molecule has 3 heterocycles. The van der Waals surface area contributed by atoms with Gasteiger partial charge in [-0.05, 0) is 61.3 Å². The van der Waals surface area contributed by atoms with E-state index in [9.17, 15) is 14.4 Å². The molecule has 0 N–H and O–H groups in total. The number of nitrogens with zero attached hydrogens (tertiary/aromatic N) is 2. The first-order chi connectivity index (χ1) is 13.1. The lowest BCUT2D eigenvalue weighted by atomic mass is 9.89. The van der Waals surface area contributed by atoms with Gasteiger partial charge in [0.2, 0.25) is 5.91 Å². The molecule has 0 atom stereocenters. The van der Waals surface area contributed by atoms with Crippen LogP contribution in [0.15, 0.2) is 12.1 Å². The van der Waals surface area contributed by atoms with Gasteiger partial charge in [-0.25, -0.2) is 4.79 Å². The summed E-state index contributed by atoms with van der Waals surface area (Å²) in [5.41, 5.74) is 4.00. The number of carbonyl (C=O) groups excluding carboxylic acids is 3. The highest BCUT2D eigenvalue weighted by molar-refractivity contribution is 6.05. The summed E-state index contributed by atoms with van der Waals surface area (Å²) in [7, 11) is 1.41. The Morgan fingerprint density at radius 3 is 2.63 bits per heavy atom. The largest absolute Gasteiger partial charge is 0.453 e. The third-order valence-electron chi connectivity index (χ3n) is 6.16. The van der Waals surface area contributed by atoms with Crippen LogP contribution in [0.25, 0.3) is 0 Å². The fourth-order valence-corrected chi connectivity index (χ4v) is 4.65. The molecule has 0 aromatic heterocycles. The molecule has 0 saturated carbocycles. The molecule has 1 fully saturated rings. The minimum atomic E-state index is -0.264. The van der Waals surface area contributed by atoms with Gasteiger partial charge in [0.1, 0.15) is 0 Å². The second kappa shape index (κ2) is 7.33. The van der Waals surface area contributed by atoms with Gasteiger partial charge in [-0.2, -0.15) is 0 Å². The maximum Gasteiger partial charge on any atom is 0.409 e. The Kier molecular flexibility index (Phi) is 4.89. The first-order valence-corrected chi connectivity index (χ1v) is 9.89. The Morgan fingerprint density at radius 2 is 1.89 bits per heavy atom. The smallest absolute Gasteiger partial charge is 0.409 e. The molecule has 6 nitrogen and oxygen atoms in total. The van der Waals surface area contributed by atoms with Crippen LogP contribution in [0.4, 0.5) is 10.5 Å². The molecule has 6 heteroatoms. The fourth-order valence-electron chi connectivity index (χ4n) is 4.65. The van der Waals surface area contributed by atoms with E-state index in [-0.39, 0.29) is 17.8 Å². The van der Waals surface area contributed by atoms with Crippen molar-refractivity contribution in [2.24, 2.45) is 5.92 Å². The van der Waals surface area contributed by atoms with E-state index >= 15 is 0 Å². The van der Waals surface area contributed by atoms with Crippen LogP contribution in [0.5, 0.6) is 0 Å². The fraction of sp³-hybridized carbons (Fsp3) is 0.571. The number of hydrogen-bond acceptors (Lipinski definition) is 4. The minimum absolute atomic E-state index is 0.160. The lowest BCUT2D eigenvalue weighted by Crippen LogP contribution is -2.38. The normalized spacial score (nSPS) is 19.2. The van der Waals surface area contributed by atoms with E-state index in [2.05, 4.69) is 0 Å². The number of ether oxygens (including phenoxy) is 1. The maximum absolute atomic E-state index is 12.8. The standard InChI is InChI=1S/C21H26N2O4/c1-27-21(26)22-9-6-14(7-10-22)4-5-18(24)16-11-15-3-2-8-23-19(25)13-17(12-16)20(15)23/h11-12,14H,2-10,13H2,1H3. The van der Waals surface area contributed by atoms with Crippen LogP contribution >= 0.6 is 0 Å². The van der Waals surface area contributed by atoms with Crippen LogP contribution in [-0.2, 0) is 22.4 Å². The van der Waals surface area contributed by atoms with Crippen LogP contribution in [0.2, 0.25) is 0 Å². The highest BCUT2D eigenvalue weighted by Gasteiger charge is 2.33. The molecule has 0 spiro atoms. The van der Waals surface area contributed by atoms with Crippen LogP contribution in [0, 0.1) is 5.92 Å². The lowest BCUT2D eigenvalue weighted by Gasteiger charge is -2.30. The Morgan fingerprint density at radius 1 is 1.15 bits per heavy atom. The van der Waals surface area contributed by atoms with E-state index in [0.29, 0.717) is 31.8 Å². The Labute approximate surface area is 159 Å². The third kappa shape index (κ3) is 3.45. The van der Waals surface area contributed by atoms with E-state index in [0.717, 1.165) is 61.0 Å². The summed E-state index contributed by atoms with van der Waals surface area (Å²) in [6.07, 6.45) is 5.29. The van der Waals surface area contributed by atoms with Gasteiger partial charge in [0, 0.05) is 31.6 Å². The number of amides is 2. The van der Waals surface area contributed by atoms with Crippen molar-refractivity contribution in [3.05, 3.63) is 28.8 Å². The summed E-state index contributed by atoms with van der Waals surface area (Å²) in [6, 6.07) is 3.94. The van der Waals surface area contributed by atoms with Gasteiger partial charge in [0.25, 0.3) is 0 Å². The van der Waals surface area contributed by atoms with Gasteiger partial charge in [-0.15, -0.1) is 0 Å². The van der Waals surface area contributed by atoms with Gasteiger partial charge in [0.05, 0.1) is 19.2 Å². The van der Waals surface area contributed by atoms with E-state index in [4.69, 9.17) is 4.74 Å². The van der Waals surface area contributed by atoms with E-state index in [1.807, 2.05) is 17.0 Å². The maximum atomic E-state index is 12.8. The quantitative estimate of drug-likeness (QED) is 0.764. The van der Waals surface area contributed by atoms with Crippen LogP contribution in [0.3, 0.4) is 0 Å². The number of anilines is 1. The number of piperidine rings is 1. The van der Waals surface area contributed by atoms with Crippen molar-refractivity contribution in [3.8, 4) is 0 Å². The summed E-state index contributed by atoms with van der Waals surface area (Å²) in [4.78, 5) is 40.1. The summed E-state index contributed by atoms with van der Waals surface area (Å²) in [6.45, 7) is 2.20. The first kappa shape index (κ1) is 18.0. The average molecular weight is 370 g/mol. The number of aryl methyl sites for hydroxylation is 1. The molecule has 0 unspecified atom stereocenters. The number of hydrogen-bond donors (Lipinski definition) is 0. The zero-order valence-electron chi connectivity index (χ0n) is 15.8. The third-order valence-corrected chi connectivity index (χ3v) is 6.16. The SMILES string of the molecule is COC(=O)N1CCC(CCC(=O)c2cc3c4c(c2)CC(=O)N4CCC3)CC1. The van der Waals surface area contributed by atoms with Crippen molar-refractivity contribution in [2.75, 3.05) is 31.6 Å². The van der Waals surface area contributed by atoms with Crippen molar-refractivity contribution in [3.63, 3.8) is 0 Å². The highest BCUT2D eigenvalue weighted by Crippen LogP contribution is 2.38. The first-order valence-electron chi connectivity index (χ1n) is 9.89. The number of rotatable bonds is 4. The summed E-state index contributed by atoms with van der Waals surface area (Å²) < 4.78 is 4.76. The molecule has 27 heavy (non-hydrogen) atoms. The Bertz CT molecular complexity index is 781. The zero-order valence-corrected chi connectivity index (χ0v) is 15.8. The molecule has 1 saturated heterocycles. The molecular weight excluding hydrogens is 344 g/mol. The molecule has 3 aliphatic heterocycles. The van der Waals surface area contributed by atoms with Crippen LogP contribution < -0.4 is 4.90 Å². The van der Waals surface area contributed by atoms with Gasteiger partial charge >= 0.3 is 6.09 Å². The molecule has 0 bridgehead atoms. The van der Waals surface area contributed by atoms with E-state index in [1.54, 1.807) is 4.90 Å². The van der Waals surface area contributed by atoms with Gasteiger partial charge in [-0.1, -0.05) is 0 Å². The van der Waals surface area contributed by atoms with Crippen molar-refractivity contribution < 1.29 is 19.1 Å². The average Bonchev–Trinajstić information content (AvgIpc) is 3.03. The van der Waals surface area contributed by atoms with Crippen molar-refractivity contribution in [2.45, 2.75) is 44.9 Å². The van der Waals surface area contributed by atoms with Crippen molar-refractivity contribution >= 4 is 23.5 Å². The van der Waals surface area contributed by atoms with Gasteiger partial charge in [-0.3, -0.25) is 9.59 Å². The summed E-state index contributed by atoms with van der Waals surface area (Å²) in [5, 5.41) is 0. The Hall–Kier alpha value is -2.37. The summed E-state index contributed by atoms with van der Waals surface area (Å²) in [5.74, 6) is 0.800. The molecule has 4 rings (SSSR count).